The fourth-order valence-corrected chi connectivity index (χ4v) is 4.82. The highest BCUT2D eigenvalue weighted by Crippen LogP contribution is 2.37. The highest BCUT2D eigenvalue weighted by atomic mass is 32.2. The Labute approximate surface area is 182 Å². The van der Waals surface area contributed by atoms with Gasteiger partial charge < -0.3 is 8.92 Å². The van der Waals surface area contributed by atoms with Crippen LogP contribution >= 0.6 is 11.3 Å². The minimum atomic E-state index is -4.26. The van der Waals surface area contributed by atoms with Gasteiger partial charge in [-0.15, -0.1) is 11.3 Å². The van der Waals surface area contributed by atoms with E-state index in [1.807, 2.05) is 13.0 Å². The van der Waals surface area contributed by atoms with E-state index < -0.39 is 20.7 Å². The second kappa shape index (κ2) is 7.97. The number of ether oxygens (including phenoxy) is 1. The summed E-state index contributed by atoms with van der Waals surface area (Å²) >= 11 is 1.35. The first kappa shape index (κ1) is 20.8. The van der Waals surface area contributed by atoms with E-state index >= 15 is 0 Å². The Morgan fingerprint density at radius 1 is 1.03 bits per heavy atom. The number of nitrogens with zero attached hydrogens (tertiary/aromatic N) is 2. The molecule has 0 aliphatic carbocycles. The van der Waals surface area contributed by atoms with Crippen LogP contribution in [0.3, 0.4) is 0 Å². The molecule has 0 spiro atoms. The van der Waals surface area contributed by atoms with Gasteiger partial charge in [0, 0.05) is 11.6 Å². The Balaban J connectivity index is 1.76. The Bertz CT molecular complexity index is 1400. The second-order valence-electron chi connectivity index (χ2n) is 6.64. The molecule has 0 N–H and O–H groups in total. The lowest BCUT2D eigenvalue weighted by Crippen LogP contribution is -2.11. The maximum atomic E-state index is 12.7. The van der Waals surface area contributed by atoms with Crippen molar-refractivity contribution in [1.29, 1.82) is 0 Å². The summed E-state index contributed by atoms with van der Waals surface area (Å²) in [5.41, 5.74) is 1.65. The van der Waals surface area contributed by atoms with Crippen LogP contribution in [0.15, 0.2) is 65.6 Å². The molecular weight excluding hydrogens is 440 g/mol. The quantitative estimate of drug-likeness (QED) is 0.229. The van der Waals surface area contributed by atoms with E-state index in [9.17, 15) is 18.5 Å². The summed E-state index contributed by atoms with van der Waals surface area (Å²) in [4.78, 5) is 15.2. The van der Waals surface area contributed by atoms with E-state index in [-0.39, 0.29) is 10.6 Å². The largest absolute Gasteiger partial charge is 0.497 e. The molecule has 0 unspecified atom stereocenters. The normalized spacial score (nSPS) is 11.4. The van der Waals surface area contributed by atoms with Crippen molar-refractivity contribution < 1.29 is 22.3 Å². The fraction of sp³-hybridized carbons (Fsp3) is 0.0952. The van der Waals surface area contributed by atoms with Crippen LogP contribution in [0.1, 0.15) is 5.56 Å². The first-order chi connectivity index (χ1) is 14.8. The van der Waals surface area contributed by atoms with Crippen molar-refractivity contribution in [2.24, 2.45) is 0 Å². The highest BCUT2D eigenvalue weighted by Gasteiger charge is 2.24. The minimum absolute atomic E-state index is 0.0927. The molecule has 4 aromatic rings. The Kier molecular flexibility index (Phi) is 5.34. The van der Waals surface area contributed by atoms with E-state index in [1.54, 1.807) is 31.4 Å². The van der Waals surface area contributed by atoms with Crippen LogP contribution in [-0.2, 0) is 10.1 Å². The predicted octanol–water partition coefficient (Wildman–Crippen LogP) is 4.96. The lowest BCUT2D eigenvalue weighted by molar-refractivity contribution is -0.385. The zero-order valence-electron chi connectivity index (χ0n) is 16.4. The van der Waals surface area contributed by atoms with E-state index in [0.717, 1.165) is 15.8 Å². The third-order valence-electron chi connectivity index (χ3n) is 4.51. The number of nitro benzene ring substituents is 1. The van der Waals surface area contributed by atoms with Gasteiger partial charge in [0.15, 0.2) is 0 Å². The zero-order valence-corrected chi connectivity index (χ0v) is 18.1. The minimum Gasteiger partial charge on any atom is -0.497 e. The van der Waals surface area contributed by atoms with Crippen LogP contribution in [0, 0.1) is 17.0 Å². The van der Waals surface area contributed by atoms with Gasteiger partial charge in [-0.3, -0.25) is 10.1 Å². The first-order valence-corrected chi connectivity index (χ1v) is 11.2. The van der Waals surface area contributed by atoms with Gasteiger partial charge in [0.1, 0.15) is 15.7 Å². The summed E-state index contributed by atoms with van der Waals surface area (Å²) in [6.45, 7) is 1.82. The summed E-state index contributed by atoms with van der Waals surface area (Å²) < 4.78 is 36.6. The number of methoxy groups -OCH3 is 1. The summed E-state index contributed by atoms with van der Waals surface area (Å²) in [5, 5.41) is 12.0. The number of aryl methyl sites for hydroxylation is 1. The van der Waals surface area contributed by atoms with Crippen molar-refractivity contribution in [2.45, 2.75) is 11.8 Å². The second-order valence-corrected chi connectivity index (χ2v) is 9.22. The summed E-state index contributed by atoms with van der Waals surface area (Å²) in [5.74, 6) is 0.305. The number of hydrogen-bond acceptors (Lipinski definition) is 8. The Morgan fingerprint density at radius 3 is 2.45 bits per heavy atom. The number of aromatic nitrogens is 1. The zero-order chi connectivity index (χ0) is 22.2. The molecule has 0 amide bonds. The average Bonchev–Trinajstić information content (AvgIpc) is 3.16. The van der Waals surface area contributed by atoms with Gasteiger partial charge in [0.2, 0.25) is 5.75 Å². The predicted molar refractivity (Wildman–Crippen MR) is 117 cm³/mol. The fourth-order valence-electron chi connectivity index (χ4n) is 2.89. The molecular formula is C21H16N2O6S2. The van der Waals surface area contributed by atoms with Crippen molar-refractivity contribution >= 4 is 37.4 Å². The smallest absolute Gasteiger partial charge is 0.339 e. The molecule has 0 aliphatic rings. The molecule has 0 aliphatic heterocycles. The average molecular weight is 457 g/mol. The standard InChI is InChI=1S/C21H16N2O6S2/c1-13-3-7-16(8-4-13)31(26,27)29-19-11-14(5-10-18(19)23(24)25)21-22-17-9-6-15(28-2)12-20(17)30-21/h3-12H,1-2H3. The Morgan fingerprint density at radius 2 is 1.77 bits per heavy atom. The summed E-state index contributed by atoms with van der Waals surface area (Å²) in [6.07, 6.45) is 0. The monoisotopic (exact) mass is 456 g/mol. The molecule has 10 heteroatoms. The summed E-state index contributed by atoms with van der Waals surface area (Å²) in [6, 6.07) is 15.5. The van der Waals surface area contributed by atoms with Gasteiger partial charge >= 0.3 is 15.8 Å². The van der Waals surface area contributed by atoms with Gasteiger partial charge in [-0.25, -0.2) is 4.98 Å². The van der Waals surface area contributed by atoms with E-state index in [0.29, 0.717) is 16.3 Å². The van der Waals surface area contributed by atoms with E-state index in [1.165, 1.54) is 41.7 Å². The van der Waals surface area contributed by atoms with Crippen molar-refractivity contribution in [3.63, 3.8) is 0 Å². The van der Waals surface area contributed by atoms with Crippen LogP contribution < -0.4 is 8.92 Å². The van der Waals surface area contributed by atoms with Gasteiger partial charge in [0.25, 0.3) is 0 Å². The number of rotatable bonds is 6. The van der Waals surface area contributed by atoms with Crippen molar-refractivity contribution in [1.82, 2.24) is 4.98 Å². The molecule has 1 aromatic heterocycles. The molecule has 8 nitrogen and oxygen atoms in total. The molecule has 158 valence electrons. The van der Waals surface area contributed by atoms with Crippen molar-refractivity contribution in [3.05, 3.63) is 76.3 Å². The van der Waals surface area contributed by atoms with Crippen LogP contribution in [0.5, 0.6) is 11.5 Å². The van der Waals surface area contributed by atoms with Crippen LogP contribution in [0.2, 0.25) is 0 Å². The molecule has 0 fully saturated rings. The highest BCUT2D eigenvalue weighted by molar-refractivity contribution is 7.87. The molecule has 0 saturated heterocycles. The van der Waals surface area contributed by atoms with Gasteiger partial charge in [0.05, 0.1) is 22.2 Å². The van der Waals surface area contributed by atoms with Crippen molar-refractivity contribution in [3.8, 4) is 22.1 Å². The number of nitro groups is 1. The molecule has 0 saturated carbocycles. The Hall–Kier alpha value is -3.50. The molecule has 4 rings (SSSR count). The number of benzene rings is 3. The van der Waals surface area contributed by atoms with Crippen LogP contribution in [0.4, 0.5) is 5.69 Å². The topological polar surface area (TPSA) is 109 Å². The lowest BCUT2D eigenvalue weighted by Gasteiger charge is -2.09. The van der Waals surface area contributed by atoms with E-state index in [4.69, 9.17) is 8.92 Å². The van der Waals surface area contributed by atoms with Gasteiger partial charge in [-0.2, -0.15) is 8.42 Å². The molecule has 0 atom stereocenters. The van der Waals surface area contributed by atoms with Crippen LogP contribution in [0.25, 0.3) is 20.8 Å². The maximum absolute atomic E-state index is 12.7. The van der Waals surface area contributed by atoms with Crippen LogP contribution in [-0.4, -0.2) is 25.4 Å². The number of thiazole rings is 1. The lowest BCUT2D eigenvalue weighted by atomic mass is 10.2. The number of fused-ring (bicyclic) bond motifs is 1. The molecule has 3 aromatic carbocycles. The third-order valence-corrected chi connectivity index (χ3v) is 6.82. The van der Waals surface area contributed by atoms with Crippen molar-refractivity contribution in [2.75, 3.05) is 7.11 Å². The first-order valence-electron chi connectivity index (χ1n) is 9.01. The van der Waals surface area contributed by atoms with E-state index in [2.05, 4.69) is 4.98 Å². The molecule has 0 radical (unpaired) electrons. The number of hydrogen-bond donors (Lipinski definition) is 0. The van der Waals surface area contributed by atoms with Gasteiger partial charge in [-0.05, 0) is 49.4 Å². The SMILES string of the molecule is COc1ccc2nc(-c3ccc([N+](=O)[O-])c(OS(=O)(=O)c4ccc(C)cc4)c3)sc2c1. The molecule has 0 bridgehead atoms. The molecule has 31 heavy (non-hydrogen) atoms. The molecule has 1 heterocycles. The third kappa shape index (κ3) is 4.21. The summed E-state index contributed by atoms with van der Waals surface area (Å²) in [7, 11) is -2.69. The van der Waals surface area contributed by atoms with Gasteiger partial charge in [-0.1, -0.05) is 17.7 Å². The maximum Gasteiger partial charge on any atom is 0.339 e.